The lowest BCUT2D eigenvalue weighted by atomic mass is 10.4. The van der Waals surface area contributed by atoms with Crippen LogP contribution in [0.1, 0.15) is 13.3 Å². The second-order valence-electron chi connectivity index (χ2n) is 1.56. The Labute approximate surface area is 49.5 Å². The van der Waals surface area contributed by atoms with E-state index in [9.17, 15) is 0 Å². The van der Waals surface area contributed by atoms with Gasteiger partial charge < -0.3 is 5.73 Å². The van der Waals surface area contributed by atoms with Crippen molar-refractivity contribution in [3.63, 3.8) is 0 Å². The zero-order chi connectivity index (χ0) is 6.41. The number of nitriles is 1. The first-order chi connectivity index (χ1) is 3.81. The van der Waals surface area contributed by atoms with Crippen LogP contribution in [-0.2, 0) is 0 Å². The Morgan fingerprint density at radius 1 is 1.88 bits per heavy atom. The van der Waals surface area contributed by atoms with Crippen molar-refractivity contribution in [3.8, 4) is 6.07 Å². The van der Waals surface area contributed by atoms with Gasteiger partial charge in [-0.05, 0) is 13.0 Å². The van der Waals surface area contributed by atoms with Crippen molar-refractivity contribution in [2.45, 2.75) is 19.5 Å². The van der Waals surface area contributed by atoms with E-state index in [1.54, 1.807) is 0 Å². The van der Waals surface area contributed by atoms with Gasteiger partial charge in [-0.25, -0.2) is 0 Å². The van der Waals surface area contributed by atoms with Gasteiger partial charge in [-0.3, -0.25) is 5.32 Å². The molecule has 0 aromatic carbocycles. The van der Waals surface area contributed by atoms with Crippen LogP contribution >= 0.6 is 0 Å². The van der Waals surface area contributed by atoms with E-state index < -0.39 is 6.17 Å². The number of hydrogen-bond acceptors (Lipinski definition) is 3. The van der Waals surface area contributed by atoms with Gasteiger partial charge in [0.25, 0.3) is 0 Å². The SMILES string of the molecule is CCCNC(N)C#N. The van der Waals surface area contributed by atoms with E-state index >= 15 is 0 Å². The standard InChI is InChI=1S/C5H11N3/c1-2-3-8-5(7)4-6/h5,8H,2-3,7H2,1H3. The van der Waals surface area contributed by atoms with Crippen molar-refractivity contribution < 1.29 is 0 Å². The van der Waals surface area contributed by atoms with Crippen LogP contribution in [0, 0.1) is 11.3 Å². The van der Waals surface area contributed by atoms with Crippen LogP contribution in [0.25, 0.3) is 0 Å². The summed E-state index contributed by atoms with van der Waals surface area (Å²) >= 11 is 0. The third-order valence-electron chi connectivity index (χ3n) is 0.753. The fourth-order valence-corrected chi connectivity index (χ4v) is 0.345. The molecular weight excluding hydrogens is 102 g/mol. The highest BCUT2D eigenvalue weighted by Gasteiger charge is 1.92. The van der Waals surface area contributed by atoms with E-state index in [1.165, 1.54) is 0 Å². The molecular formula is C5H11N3. The highest BCUT2D eigenvalue weighted by Crippen LogP contribution is 1.70. The summed E-state index contributed by atoms with van der Waals surface area (Å²) in [5.74, 6) is 0. The first-order valence-electron chi connectivity index (χ1n) is 2.69. The van der Waals surface area contributed by atoms with Crippen LogP contribution in [0.2, 0.25) is 0 Å². The van der Waals surface area contributed by atoms with Gasteiger partial charge in [0.2, 0.25) is 0 Å². The lowest BCUT2D eigenvalue weighted by Gasteiger charge is -2.01. The molecule has 3 nitrogen and oxygen atoms in total. The quantitative estimate of drug-likeness (QED) is 0.498. The molecule has 0 amide bonds. The van der Waals surface area contributed by atoms with Crippen molar-refractivity contribution in [1.29, 1.82) is 5.26 Å². The molecule has 0 aliphatic heterocycles. The predicted molar refractivity (Wildman–Crippen MR) is 31.9 cm³/mol. The molecule has 0 fully saturated rings. The fraction of sp³-hybridized carbons (Fsp3) is 0.800. The first-order valence-corrected chi connectivity index (χ1v) is 2.69. The number of nitrogens with one attached hydrogen (secondary N) is 1. The van der Waals surface area contributed by atoms with Crippen LogP contribution in [0.15, 0.2) is 0 Å². The molecule has 1 unspecified atom stereocenters. The Balaban J connectivity index is 3.02. The van der Waals surface area contributed by atoms with Gasteiger partial charge in [-0.1, -0.05) is 6.92 Å². The summed E-state index contributed by atoms with van der Waals surface area (Å²) in [6.45, 7) is 2.84. The summed E-state index contributed by atoms with van der Waals surface area (Å²) in [5.41, 5.74) is 5.19. The zero-order valence-electron chi connectivity index (χ0n) is 5.02. The first kappa shape index (κ1) is 7.41. The Hall–Kier alpha value is -0.590. The Kier molecular flexibility index (Phi) is 4.23. The number of nitrogens with two attached hydrogens (primary N) is 1. The van der Waals surface area contributed by atoms with E-state index in [0.717, 1.165) is 13.0 Å². The number of nitrogens with zero attached hydrogens (tertiary/aromatic N) is 1. The van der Waals surface area contributed by atoms with Gasteiger partial charge in [-0.2, -0.15) is 5.26 Å². The molecule has 46 valence electrons. The van der Waals surface area contributed by atoms with Gasteiger partial charge >= 0.3 is 0 Å². The summed E-state index contributed by atoms with van der Waals surface area (Å²) in [7, 11) is 0. The number of rotatable bonds is 3. The van der Waals surface area contributed by atoms with Crippen molar-refractivity contribution in [3.05, 3.63) is 0 Å². The van der Waals surface area contributed by atoms with E-state index in [1.807, 2.05) is 13.0 Å². The molecule has 3 N–H and O–H groups in total. The molecule has 0 saturated heterocycles. The summed E-state index contributed by atoms with van der Waals surface area (Å²) in [6, 6.07) is 1.87. The molecule has 0 aliphatic rings. The third kappa shape index (κ3) is 3.59. The van der Waals surface area contributed by atoms with Gasteiger partial charge in [0, 0.05) is 0 Å². The van der Waals surface area contributed by atoms with Gasteiger partial charge in [0.1, 0.15) is 6.17 Å². The van der Waals surface area contributed by atoms with Crippen molar-refractivity contribution in [2.75, 3.05) is 6.54 Å². The molecule has 0 heterocycles. The molecule has 0 spiro atoms. The van der Waals surface area contributed by atoms with E-state index in [-0.39, 0.29) is 0 Å². The van der Waals surface area contributed by atoms with E-state index in [2.05, 4.69) is 5.32 Å². The Morgan fingerprint density at radius 2 is 2.50 bits per heavy atom. The summed E-state index contributed by atoms with van der Waals surface area (Å²) < 4.78 is 0. The Bertz CT molecular complexity index is 84.2. The molecule has 0 saturated carbocycles. The van der Waals surface area contributed by atoms with Crippen LogP contribution in [0.4, 0.5) is 0 Å². The highest BCUT2D eigenvalue weighted by molar-refractivity contribution is 4.83. The average molecular weight is 113 g/mol. The van der Waals surface area contributed by atoms with Crippen LogP contribution < -0.4 is 11.1 Å². The summed E-state index contributed by atoms with van der Waals surface area (Å²) in [5, 5.41) is 10.9. The van der Waals surface area contributed by atoms with Gasteiger partial charge in [0.05, 0.1) is 6.07 Å². The smallest absolute Gasteiger partial charge is 0.145 e. The highest BCUT2D eigenvalue weighted by atomic mass is 15.0. The van der Waals surface area contributed by atoms with Gasteiger partial charge in [-0.15, -0.1) is 0 Å². The lowest BCUT2D eigenvalue weighted by Crippen LogP contribution is -2.36. The largest absolute Gasteiger partial charge is 0.304 e. The molecule has 0 aromatic rings. The molecule has 0 radical (unpaired) electrons. The van der Waals surface area contributed by atoms with E-state index in [0.29, 0.717) is 0 Å². The molecule has 0 aromatic heterocycles. The molecule has 8 heavy (non-hydrogen) atoms. The van der Waals surface area contributed by atoms with E-state index in [4.69, 9.17) is 11.0 Å². The number of hydrogen-bond donors (Lipinski definition) is 2. The van der Waals surface area contributed by atoms with Crippen molar-refractivity contribution >= 4 is 0 Å². The maximum Gasteiger partial charge on any atom is 0.145 e. The maximum absolute atomic E-state index is 8.12. The van der Waals surface area contributed by atoms with Crippen molar-refractivity contribution in [2.24, 2.45) is 5.73 Å². The molecule has 1 atom stereocenters. The van der Waals surface area contributed by atoms with Crippen LogP contribution in [-0.4, -0.2) is 12.7 Å². The van der Waals surface area contributed by atoms with Crippen molar-refractivity contribution in [1.82, 2.24) is 5.32 Å². The third-order valence-corrected chi connectivity index (χ3v) is 0.753. The zero-order valence-corrected chi connectivity index (χ0v) is 5.02. The molecule has 0 bridgehead atoms. The monoisotopic (exact) mass is 113 g/mol. The molecule has 3 heteroatoms. The minimum atomic E-state index is -0.491. The second kappa shape index (κ2) is 4.57. The minimum absolute atomic E-state index is 0.491. The average Bonchev–Trinajstić information content (AvgIpc) is 1.83. The molecule has 0 rings (SSSR count). The minimum Gasteiger partial charge on any atom is -0.304 e. The van der Waals surface area contributed by atoms with Crippen LogP contribution in [0.3, 0.4) is 0 Å². The molecule has 0 aliphatic carbocycles. The maximum atomic E-state index is 8.12. The predicted octanol–water partition coefficient (Wildman–Crippen LogP) is -0.206. The topological polar surface area (TPSA) is 61.8 Å². The summed E-state index contributed by atoms with van der Waals surface area (Å²) in [6.07, 6.45) is 0.519. The summed E-state index contributed by atoms with van der Waals surface area (Å²) in [4.78, 5) is 0. The lowest BCUT2D eigenvalue weighted by molar-refractivity contribution is 0.613. The van der Waals surface area contributed by atoms with Crippen LogP contribution in [0.5, 0.6) is 0 Å². The Morgan fingerprint density at radius 3 is 2.88 bits per heavy atom. The second-order valence-corrected chi connectivity index (χ2v) is 1.56. The fourth-order valence-electron chi connectivity index (χ4n) is 0.345. The normalized spacial score (nSPS) is 12.6. The van der Waals surface area contributed by atoms with Gasteiger partial charge in [0.15, 0.2) is 0 Å².